The molecule has 4 nitrogen and oxygen atoms in total. The van der Waals surface area contributed by atoms with E-state index in [-0.39, 0.29) is 12.2 Å². The van der Waals surface area contributed by atoms with E-state index in [1.54, 1.807) is 24.3 Å². The molecular weight excluding hydrogens is 323 g/mol. The van der Waals surface area contributed by atoms with Gasteiger partial charge >= 0.3 is 6.36 Å². The monoisotopic (exact) mass is 335 g/mol. The summed E-state index contributed by atoms with van der Waals surface area (Å²) < 4.78 is 40.4. The molecule has 1 aliphatic heterocycles. The molecule has 0 bridgehead atoms. The fraction of sp³-hybridized carbons (Fsp3) is 0.176. The quantitative estimate of drug-likeness (QED) is 0.805. The topological polar surface area (TPSA) is 46.6 Å². The lowest BCUT2D eigenvalue weighted by Crippen LogP contribution is -2.29. The highest BCUT2D eigenvalue weighted by molar-refractivity contribution is 6.44. The Morgan fingerprint density at radius 2 is 1.58 bits per heavy atom. The summed E-state index contributed by atoms with van der Waals surface area (Å²) in [5.74, 6) is -1.59. The number of amides is 1. The van der Waals surface area contributed by atoms with E-state index in [0.29, 0.717) is 5.69 Å². The standard InChI is InChI=1S/C17H12F3NO3/c18-17(19,20)24-13-8-6-12(7-9-13)21-14(10-15(22)16(21)23)11-4-2-1-3-5-11/h1-9,14H,10H2. The van der Waals surface area contributed by atoms with E-state index in [1.165, 1.54) is 17.0 Å². The Morgan fingerprint density at radius 1 is 0.958 bits per heavy atom. The van der Waals surface area contributed by atoms with Crippen molar-refractivity contribution in [3.8, 4) is 5.75 Å². The minimum Gasteiger partial charge on any atom is -0.406 e. The van der Waals surface area contributed by atoms with Crippen LogP contribution in [-0.4, -0.2) is 18.1 Å². The number of ether oxygens (including phenoxy) is 1. The van der Waals surface area contributed by atoms with Crippen LogP contribution in [0.4, 0.5) is 18.9 Å². The van der Waals surface area contributed by atoms with Crippen LogP contribution in [0, 0.1) is 0 Å². The largest absolute Gasteiger partial charge is 0.573 e. The summed E-state index contributed by atoms with van der Waals surface area (Å²) in [5.41, 5.74) is 1.13. The van der Waals surface area contributed by atoms with Crippen molar-refractivity contribution in [3.63, 3.8) is 0 Å². The first-order valence-corrected chi connectivity index (χ1v) is 7.12. The van der Waals surface area contributed by atoms with Crippen molar-refractivity contribution in [3.05, 3.63) is 60.2 Å². The molecule has 124 valence electrons. The van der Waals surface area contributed by atoms with E-state index < -0.39 is 24.1 Å². The van der Waals surface area contributed by atoms with Crippen LogP contribution in [0.3, 0.4) is 0 Å². The number of benzene rings is 2. The molecule has 1 atom stereocenters. The number of ketones is 1. The maximum atomic E-state index is 12.2. The molecule has 2 aromatic carbocycles. The maximum Gasteiger partial charge on any atom is 0.573 e. The lowest BCUT2D eigenvalue weighted by Gasteiger charge is -2.24. The zero-order valence-corrected chi connectivity index (χ0v) is 12.3. The van der Waals surface area contributed by atoms with Gasteiger partial charge in [-0.3, -0.25) is 14.5 Å². The van der Waals surface area contributed by atoms with Gasteiger partial charge in [-0.25, -0.2) is 0 Å². The molecule has 0 saturated carbocycles. The zero-order chi connectivity index (χ0) is 17.3. The molecule has 1 amide bonds. The summed E-state index contributed by atoms with van der Waals surface area (Å²) in [4.78, 5) is 25.3. The third kappa shape index (κ3) is 3.24. The number of carbonyl (C=O) groups excluding carboxylic acids is 2. The van der Waals surface area contributed by atoms with Gasteiger partial charge in [-0.1, -0.05) is 30.3 Å². The molecule has 1 saturated heterocycles. The molecule has 0 N–H and O–H groups in total. The average molecular weight is 335 g/mol. The minimum absolute atomic E-state index is 0.0314. The van der Waals surface area contributed by atoms with E-state index >= 15 is 0 Å². The van der Waals surface area contributed by atoms with Gasteiger partial charge in [-0.05, 0) is 29.8 Å². The van der Waals surface area contributed by atoms with Crippen molar-refractivity contribution in [1.29, 1.82) is 0 Å². The summed E-state index contributed by atoms with van der Waals surface area (Å²) in [6.45, 7) is 0. The molecule has 3 rings (SSSR count). The summed E-state index contributed by atoms with van der Waals surface area (Å²) >= 11 is 0. The SMILES string of the molecule is O=C1CC(c2ccccc2)N(c2ccc(OC(F)(F)F)cc2)C1=O. The molecular formula is C17H12F3NO3. The number of anilines is 1. The Bertz CT molecular complexity index is 757. The molecule has 1 heterocycles. The van der Waals surface area contributed by atoms with Crippen LogP contribution >= 0.6 is 0 Å². The lowest BCUT2D eigenvalue weighted by molar-refractivity contribution is -0.274. The molecule has 1 unspecified atom stereocenters. The van der Waals surface area contributed by atoms with E-state index in [4.69, 9.17) is 0 Å². The van der Waals surface area contributed by atoms with E-state index in [9.17, 15) is 22.8 Å². The molecule has 0 aliphatic carbocycles. The van der Waals surface area contributed by atoms with Gasteiger partial charge in [-0.2, -0.15) is 0 Å². The van der Waals surface area contributed by atoms with Crippen molar-refractivity contribution >= 4 is 17.4 Å². The Morgan fingerprint density at radius 3 is 2.17 bits per heavy atom. The van der Waals surface area contributed by atoms with Crippen LogP contribution < -0.4 is 9.64 Å². The molecule has 0 radical (unpaired) electrons. The molecule has 0 aromatic heterocycles. The summed E-state index contributed by atoms with van der Waals surface area (Å²) in [6.07, 6.45) is -4.75. The summed E-state index contributed by atoms with van der Waals surface area (Å²) in [6, 6.07) is 13.4. The van der Waals surface area contributed by atoms with Crippen LogP contribution in [0.25, 0.3) is 0 Å². The minimum atomic E-state index is -4.78. The van der Waals surface area contributed by atoms with Crippen molar-refractivity contribution in [1.82, 2.24) is 0 Å². The highest BCUT2D eigenvalue weighted by atomic mass is 19.4. The number of rotatable bonds is 3. The first-order chi connectivity index (χ1) is 11.3. The maximum absolute atomic E-state index is 12.2. The second-order valence-corrected chi connectivity index (χ2v) is 5.27. The third-order valence-electron chi connectivity index (χ3n) is 3.68. The Kier molecular flexibility index (Phi) is 4.01. The number of halogens is 3. The van der Waals surface area contributed by atoms with Gasteiger partial charge in [0.2, 0.25) is 5.78 Å². The third-order valence-corrected chi connectivity index (χ3v) is 3.68. The molecule has 24 heavy (non-hydrogen) atoms. The molecule has 1 fully saturated rings. The summed E-state index contributed by atoms with van der Waals surface area (Å²) in [7, 11) is 0. The zero-order valence-electron chi connectivity index (χ0n) is 12.3. The highest BCUT2D eigenvalue weighted by Gasteiger charge is 2.40. The van der Waals surface area contributed by atoms with Crippen molar-refractivity contribution < 1.29 is 27.5 Å². The second-order valence-electron chi connectivity index (χ2n) is 5.27. The number of carbonyl (C=O) groups is 2. The van der Waals surface area contributed by atoms with E-state index in [1.807, 2.05) is 6.07 Å². The molecule has 2 aromatic rings. The van der Waals surface area contributed by atoms with Gasteiger partial charge in [0, 0.05) is 12.1 Å². The number of alkyl halides is 3. The van der Waals surface area contributed by atoms with Crippen LogP contribution in [0.1, 0.15) is 18.0 Å². The Balaban J connectivity index is 1.90. The fourth-order valence-corrected chi connectivity index (χ4v) is 2.68. The molecule has 7 heteroatoms. The first kappa shape index (κ1) is 16.0. The number of nitrogens with zero attached hydrogens (tertiary/aromatic N) is 1. The Hall–Kier alpha value is -2.83. The van der Waals surface area contributed by atoms with Crippen molar-refractivity contribution in [2.45, 2.75) is 18.8 Å². The Labute approximate surface area is 135 Å². The first-order valence-electron chi connectivity index (χ1n) is 7.12. The smallest absolute Gasteiger partial charge is 0.406 e. The normalized spacial score (nSPS) is 18.1. The summed E-state index contributed by atoms with van der Waals surface area (Å²) in [5, 5.41) is 0. The number of Topliss-reactive ketones (excluding diaryl/α,β-unsaturated/α-hetero) is 1. The van der Waals surface area contributed by atoms with Crippen molar-refractivity contribution in [2.24, 2.45) is 0 Å². The van der Waals surface area contributed by atoms with Gasteiger partial charge in [-0.15, -0.1) is 13.2 Å². The van der Waals surface area contributed by atoms with Crippen LogP contribution in [0.5, 0.6) is 5.75 Å². The van der Waals surface area contributed by atoms with Gasteiger partial charge in [0.05, 0.1) is 6.04 Å². The average Bonchev–Trinajstić information content (AvgIpc) is 2.83. The molecule has 1 aliphatic rings. The predicted molar refractivity (Wildman–Crippen MR) is 79.4 cm³/mol. The fourth-order valence-electron chi connectivity index (χ4n) is 2.68. The van der Waals surface area contributed by atoms with Crippen molar-refractivity contribution in [2.75, 3.05) is 4.90 Å². The number of hydrogen-bond donors (Lipinski definition) is 0. The van der Waals surface area contributed by atoms with Crippen LogP contribution in [-0.2, 0) is 9.59 Å². The van der Waals surface area contributed by atoms with Gasteiger partial charge in [0.25, 0.3) is 5.91 Å². The second kappa shape index (κ2) is 5.99. The van der Waals surface area contributed by atoms with Crippen LogP contribution in [0.15, 0.2) is 54.6 Å². The van der Waals surface area contributed by atoms with Gasteiger partial charge < -0.3 is 4.74 Å². The predicted octanol–water partition coefficient (Wildman–Crippen LogP) is 3.63. The number of hydrogen-bond acceptors (Lipinski definition) is 3. The lowest BCUT2D eigenvalue weighted by atomic mass is 10.0. The van der Waals surface area contributed by atoms with Gasteiger partial charge in [0.1, 0.15) is 5.75 Å². The van der Waals surface area contributed by atoms with E-state index in [0.717, 1.165) is 17.7 Å². The molecule has 0 spiro atoms. The highest BCUT2D eigenvalue weighted by Crippen LogP contribution is 2.36. The van der Waals surface area contributed by atoms with Gasteiger partial charge in [0.15, 0.2) is 0 Å². The van der Waals surface area contributed by atoms with Crippen LogP contribution in [0.2, 0.25) is 0 Å². The van der Waals surface area contributed by atoms with E-state index in [2.05, 4.69) is 4.74 Å².